The van der Waals surface area contributed by atoms with Crippen LogP contribution >= 0.6 is 0 Å². The van der Waals surface area contributed by atoms with Crippen LogP contribution in [0.15, 0.2) is 0 Å². The Bertz CT molecular complexity index is 346. The monoisotopic (exact) mass is 406 g/mol. The fourth-order valence-corrected chi connectivity index (χ4v) is 11.5. The summed E-state index contributed by atoms with van der Waals surface area (Å²) in [6, 6.07) is 1.55. The second-order valence-electron chi connectivity index (χ2n) is 6.39. The highest BCUT2D eigenvalue weighted by atomic mass is 28.4. The van der Waals surface area contributed by atoms with E-state index in [4.69, 9.17) is 17.7 Å². The van der Waals surface area contributed by atoms with Crippen molar-refractivity contribution in [3.05, 3.63) is 0 Å². The van der Waals surface area contributed by atoms with Crippen molar-refractivity contribution >= 4 is 22.9 Å². The standard InChI is InChI=1S/C19H42O5Si2/c1-9-17(25(15-7,21-11-3)22-12-4)19(20)18(10-2)26(16-8,23-13-5)24-14-6/h17-18H,9-16H2,1-8H3. The van der Waals surface area contributed by atoms with Crippen LogP contribution in [0.5, 0.6) is 0 Å². The Kier molecular flexibility index (Phi) is 13.1. The van der Waals surface area contributed by atoms with E-state index >= 15 is 0 Å². The summed E-state index contributed by atoms with van der Waals surface area (Å²) < 4.78 is 24.7. The van der Waals surface area contributed by atoms with E-state index in [1.165, 1.54) is 0 Å². The average molecular weight is 407 g/mol. The zero-order chi connectivity index (χ0) is 20.2. The van der Waals surface area contributed by atoms with Gasteiger partial charge in [0.05, 0.1) is 11.1 Å². The van der Waals surface area contributed by atoms with Crippen molar-refractivity contribution in [1.29, 1.82) is 0 Å². The van der Waals surface area contributed by atoms with Gasteiger partial charge in [-0.25, -0.2) is 0 Å². The lowest BCUT2D eigenvalue weighted by molar-refractivity contribution is -0.120. The van der Waals surface area contributed by atoms with Gasteiger partial charge in [-0.15, -0.1) is 0 Å². The number of carbonyl (C=O) groups excluding carboxylic acids is 1. The second kappa shape index (κ2) is 13.2. The topological polar surface area (TPSA) is 54.0 Å². The Labute approximate surface area is 163 Å². The van der Waals surface area contributed by atoms with E-state index in [1.54, 1.807) is 0 Å². The summed E-state index contributed by atoms with van der Waals surface area (Å²) in [5.41, 5.74) is -0.367. The van der Waals surface area contributed by atoms with Crippen LogP contribution in [0.3, 0.4) is 0 Å². The molecule has 0 aliphatic heterocycles. The molecule has 0 rings (SSSR count). The number of hydrogen-bond acceptors (Lipinski definition) is 5. The lowest BCUT2D eigenvalue weighted by Gasteiger charge is -2.40. The van der Waals surface area contributed by atoms with Crippen molar-refractivity contribution < 1.29 is 22.5 Å². The Morgan fingerprint density at radius 1 is 0.615 bits per heavy atom. The molecule has 26 heavy (non-hydrogen) atoms. The third kappa shape index (κ3) is 5.97. The van der Waals surface area contributed by atoms with Gasteiger partial charge in [0.1, 0.15) is 5.78 Å². The maximum Gasteiger partial charge on any atom is 0.348 e. The van der Waals surface area contributed by atoms with Gasteiger partial charge >= 0.3 is 17.1 Å². The van der Waals surface area contributed by atoms with E-state index in [1.807, 2.05) is 27.7 Å². The van der Waals surface area contributed by atoms with E-state index < -0.39 is 17.1 Å². The second-order valence-corrected chi connectivity index (χ2v) is 13.6. The molecule has 0 N–H and O–H groups in total. The van der Waals surface area contributed by atoms with Gasteiger partial charge < -0.3 is 17.7 Å². The fourth-order valence-electron chi connectivity index (χ4n) is 4.06. The predicted molar refractivity (Wildman–Crippen MR) is 112 cm³/mol. The highest BCUT2D eigenvalue weighted by molar-refractivity contribution is 6.77. The van der Waals surface area contributed by atoms with Crippen LogP contribution in [0.4, 0.5) is 0 Å². The number of ketones is 1. The molecule has 0 saturated heterocycles. The number of carbonyl (C=O) groups is 1. The van der Waals surface area contributed by atoms with Gasteiger partial charge in [-0.05, 0) is 52.6 Å². The third-order valence-electron chi connectivity index (χ3n) is 5.11. The molecule has 2 unspecified atom stereocenters. The van der Waals surface area contributed by atoms with Gasteiger partial charge in [0.25, 0.3) is 0 Å². The highest BCUT2D eigenvalue weighted by Crippen LogP contribution is 2.41. The summed E-state index contributed by atoms with van der Waals surface area (Å²) in [6.07, 6.45) is 1.48. The molecule has 0 amide bonds. The summed E-state index contributed by atoms with van der Waals surface area (Å²) in [5.74, 6) is 0.237. The predicted octanol–water partition coefficient (Wildman–Crippen LogP) is 5.19. The molecule has 5 nitrogen and oxygen atoms in total. The first-order chi connectivity index (χ1) is 12.4. The largest absolute Gasteiger partial charge is 0.394 e. The number of hydrogen-bond donors (Lipinski definition) is 0. The van der Waals surface area contributed by atoms with Crippen LogP contribution in [0, 0.1) is 0 Å². The molecule has 0 saturated carbocycles. The first-order valence-electron chi connectivity index (χ1n) is 10.5. The van der Waals surface area contributed by atoms with Crippen LogP contribution in [0.2, 0.25) is 23.2 Å². The van der Waals surface area contributed by atoms with Crippen molar-refractivity contribution in [3.63, 3.8) is 0 Å². The summed E-state index contributed by atoms with van der Waals surface area (Å²) >= 11 is 0. The summed E-state index contributed by atoms with van der Waals surface area (Å²) in [5, 5.41) is 0. The van der Waals surface area contributed by atoms with Crippen LogP contribution in [0.25, 0.3) is 0 Å². The van der Waals surface area contributed by atoms with Crippen molar-refractivity contribution in [3.8, 4) is 0 Å². The van der Waals surface area contributed by atoms with E-state index in [0.29, 0.717) is 26.4 Å². The van der Waals surface area contributed by atoms with Gasteiger partial charge in [-0.1, -0.05) is 27.7 Å². The van der Waals surface area contributed by atoms with E-state index in [0.717, 1.165) is 24.9 Å². The molecule has 0 aliphatic carbocycles. The van der Waals surface area contributed by atoms with Gasteiger partial charge in [0.2, 0.25) is 0 Å². The van der Waals surface area contributed by atoms with Gasteiger partial charge in [0, 0.05) is 26.4 Å². The zero-order valence-electron chi connectivity index (χ0n) is 18.4. The minimum atomic E-state index is -2.62. The van der Waals surface area contributed by atoms with Crippen LogP contribution < -0.4 is 0 Å². The van der Waals surface area contributed by atoms with Gasteiger partial charge in [0.15, 0.2) is 0 Å². The minimum Gasteiger partial charge on any atom is -0.394 e. The SMILES string of the molecule is CCO[Si](CC)(OCC)C(CC)C(=O)C(CC)[Si](CC)(OCC)OCC. The molecular weight excluding hydrogens is 364 g/mol. The minimum absolute atomic E-state index is 0.184. The molecule has 0 aromatic rings. The molecule has 0 spiro atoms. The maximum atomic E-state index is 13.8. The molecule has 0 radical (unpaired) electrons. The Morgan fingerprint density at radius 2 is 0.885 bits per heavy atom. The van der Waals surface area contributed by atoms with E-state index in [2.05, 4.69) is 27.7 Å². The van der Waals surface area contributed by atoms with Crippen LogP contribution in [0.1, 0.15) is 68.2 Å². The quantitative estimate of drug-likeness (QED) is 0.330. The maximum absolute atomic E-state index is 13.8. The normalized spacial score (nSPS) is 15.1. The van der Waals surface area contributed by atoms with Crippen molar-refractivity contribution in [2.24, 2.45) is 0 Å². The molecule has 156 valence electrons. The molecule has 0 heterocycles. The van der Waals surface area contributed by atoms with Crippen molar-refractivity contribution in [2.75, 3.05) is 26.4 Å². The summed E-state index contributed by atoms with van der Waals surface area (Å²) in [7, 11) is -5.23. The molecule has 0 aromatic carbocycles. The molecule has 0 fully saturated rings. The molecule has 2 atom stereocenters. The van der Waals surface area contributed by atoms with Gasteiger partial charge in [-0.3, -0.25) is 4.79 Å². The van der Waals surface area contributed by atoms with Crippen LogP contribution in [-0.4, -0.2) is 49.3 Å². The lowest BCUT2D eigenvalue weighted by atomic mass is 10.1. The van der Waals surface area contributed by atoms with E-state index in [-0.39, 0.29) is 16.9 Å². The Balaban J connectivity index is 5.99. The van der Waals surface area contributed by atoms with Crippen molar-refractivity contribution in [2.45, 2.75) is 91.4 Å². The van der Waals surface area contributed by atoms with Crippen molar-refractivity contribution in [1.82, 2.24) is 0 Å². The fraction of sp³-hybridized carbons (Fsp3) is 0.947. The number of rotatable bonds is 16. The molecule has 0 aliphatic rings. The Morgan fingerprint density at radius 3 is 1.04 bits per heavy atom. The first kappa shape index (κ1) is 25.9. The number of Topliss-reactive ketones (excluding diaryl/α,β-unsaturated/α-hetero) is 1. The molecule has 0 aromatic heterocycles. The summed E-state index contributed by atoms with van der Waals surface area (Å²) in [6.45, 7) is 18.6. The highest BCUT2D eigenvalue weighted by Gasteiger charge is 2.54. The van der Waals surface area contributed by atoms with E-state index in [9.17, 15) is 4.79 Å². The molecule has 0 bridgehead atoms. The first-order valence-corrected chi connectivity index (χ1v) is 14.7. The zero-order valence-corrected chi connectivity index (χ0v) is 20.4. The van der Waals surface area contributed by atoms with Gasteiger partial charge in [-0.2, -0.15) is 0 Å². The molecular formula is C19H42O5Si2. The Hall–Kier alpha value is -0.0562. The smallest absolute Gasteiger partial charge is 0.348 e. The summed E-state index contributed by atoms with van der Waals surface area (Å²) in [4.78, 5) is 13.8. The third-order valence-corrected chi connectivity index (χ3v) is 13.7. The average Bonchev–Trinajstić information content (AvgIpc) is 2.63. The lowest BCUT2D eigenvalue weighted by Crippen LogP contribution is -2.55. The molecule has 7 heteroatoms. The van der Waals surface area contributed by atoms with Crippen LogP contribution in [-0.2, 0) is 22.5 Å².